The van der Waals surface area contributed by atoms with Crippen molar-refractivity contribution in [2.75, 3.05) is 5.32 Å². The van der Waals surface area contributed by atoms with Gasteiger partial charge in [-0.2, -0.15) is 5.26 Å². The summed E-state index contributed by atoms with van der Waals surface area (Å²) in [4.78, 5) is 0. The molecule has 5 nitrogen and oxygen atoms in total. The molecule has 1 heterocycles. The summed E-state index contributed by atoms with van der Waals surface area (Å²) >= 11 is 0. The predicted molar refractivity (Wildman–Crippen MR) is 59.5 cm³/mol. The molecular weight excluding hydrogens is 202 g/mol. The van der Waals surface area contributed by atoms with E-state index in [1.54, 1.807) is 18.5 Å². The van der Waals surface area contributed by atoms with Gasteiger partial charge in [0, 0.05) is 12.7 Å². The molecule has 0 aliphatic rings. The highest BCUT2D eigenvalue weighted by Gasteiger charge is 1.99. The lowest BCUT2D eigenvalue weighted by molar-refractivity contribution is 0.812. The Hall–Kier alpha value is -2.35. The zero-order valence-corrected chi connectivity index (χ0v) is 8.88. The zero-order valence-electron chi connectivity index (χ0n) is 8.88. The van der Waals surface area contributed by atoms with Gasteiger partial charge >= 0.3 is 0 Å². The molecule has 1 aromatic carbocycles. The second kappa shape index (κ2) is 4.45. The Bertz CT molecular complexity index is 506. The van der Waals surface area contributed by atoms with Crippen molar-refractivity contribution in [2.24, 2.45) is 7.05 Å². The van der Waals surface area contributed by atoms with Gasteiger partial charge in [0.15, 0.2) is 5.82 Å². The molecule has 0 bridgehead atoms. The highest BCUT2D eigenvalue weighted by molar-refractivity contribution is 5.47. The summed E-state index contributed by atoms with van der Waals surface area (Å²) in [5, 5.41) is 19.6. The first-order valence-electron chi connectivity index (χ1n) is 4.86. The summed E-state index contributed by atoms with van der Waals surface area (Å²) in [6.45, 7) is 0.613. The molecule has 16 heavy (non-hydrogen) atoms. The van der Waals surface area contributed by atoms with Gasteiger partial charge in [-0.3, -0.25) is 0 Å². The van der Waals surface area contributed by atoms with Crippen molar-refractivity contribution in [3.05, 3.63) is 42.0 Å². The van der Waals surface area contributed by atoms with Crippen LogP contribution in [0, 0.1) is 11.3 Å². The quantitative estimate of drug-likeness (QED) is 0.834. The highest BCUT2D eigenvalue weighted by Crippen LogP contribution is 2.09. The number of benzene rings is 1. The second-order valence-electron chi connectivity index (χ2n) is 3.40. The molecule has 0 spiro atoms. The molecule has 2 rings (SSSR count). The smallest absolute Gasteiger partial charge is 0.151 e. The molecule has 80 valence electrons. The first-order chi connectivity index (χ1) is 7.79. The third kappa shape index (κ3) is 2.17. The third-order valence-electron chi connectivity index (χ3n) is 2.27. The van der Waals surface area contributed by atoms with Gasteiger partial charge < -0.3 is 9.88 Å². The van der Waals surface area contributed by atoms with Crippen LogP contribution in [-0.2, 0) is 13.6 Å². The number of nitrogens with one attached hydrogen (secondary N) is 1. The number of aromatic nitrogens is 3. The Morgan fingerprint density at radius 2 is 2.12 bits per heavy atom. The largest absolute Gasteiger partial charge is 0.378 e. The predicted octanol–water partition coefficient (Wildman–Crippen LogP) is 1.30. The first-order valence-corrected chi connectivity index (χ1v) is 4.86. The average molecular weight is 213 g/mol. The van der Waals surface area contributed by atoms with E-state index >= 15 is 0 Å². The number of aryl methyl sites for hydroxylation is 1. The molecule has 1 N–H and O–H groups in total. The summed E-state index contributed by atoms with van der Waals surface area (Å²) in [6, 6.07) is 9.37. The summed E-state index contributed by atoms with van der Waals surface area (Å²) in [7, 11) is 1.90. The van der Waals surface area contributed by atoms with Crippen molar-refractivity contribution in [1.29, 1.82) is 5.26 Å². The molecule has 0 aliphatic heterocycles. The normalized spacial score (nSPS) is 9.75. The van der Waals surface area contributed by atoms with Crippen LogP contribution >= 0.6 is 0 Å². The summed E-state index contributed by atoms with van der Waals surface area (Å²) in [6.07, 6.45) is 1.66. The number of nitrogens with zero attached hydrogens (tertiary/aromatic N) is 4. The van der Waals surface area contributed by atoms with Gasteiger partial charge in [0.05, 0.1) is 18.2 Å². The maximum Gasteiger partial charge on any atom is 0.151 e. The van der Waals surface area contributed by atoms with E-state index in [9.17, 15) is 0 Å². The molecular formula is C11H11N5. The number of hydrogen-bond donors (Lipinski definition) is 1. The van der Waals surface area contributed by atoms with Crippen LogP contribution in [0.25, 0.3) is 0 Å². The lowest BCUT2D eigenvalue weighted by Gasteiger charge is -2.05. The van der Waals surface area contributed by atoms with Crippen LogP contribution in [0.3, 0.4) is 0 Å². The number of nitriles is 1. The van der Waals surface area contributed by atoms with Crippen LogP contribution in [0.5, 0.6) is 0 Å². The second-order valence-corrected chi connectivity index (χ2v) is 3.40. The molecule has 5 heteroatoms. The maximum atomic E-state index is 8.65. The standard InChI is InChI=1S/C11H11N5/c1-16-8-14-15-11(16)7-13-10-4-2-9(6-12)3-5-10/h2-5,8,13H,7H2,1H3. The SMILES string of the molecule is Cn1cnnc1CNc1ccc(C#N)cc1. The Balaban J connectivity index is 2.00. The number of anilines is 1. The molecule has 0 fully saturated rings. The summed E-state index contributed by atoms with van der Waals surface area (Å²) in [5.74, 6) is 0.865. The van der Waals surface area contributed by atoms with Crippen LogP contribution in [0.1, 0.15) is 11.4 Å². The molecule has 0 saturated carbocycles. The Morgan fingerprint density at radius 3 is 2.69 bits per heavy atom. The van der Waals surface area contributed by atoms with Crippen molar-refractivity contribution in [1.82, 2.24) is 14.8 Å². The van der Waals surface area contributed by atoms with Crippen molar-refractivity contribution in [2.45, 2.75) is 6.54 Å². The van der Waals surface area contributed by atoms with E-state index < -0.39 is 0 Å². The summed E-state index contributed by atoms with van der Waals surface area (Å²) < 4.78 is 1.86. The fourth-order valence-corrected chi connectivity index (χ4v) is 1.31. The van der Waals surface area contributed by atoms with Gasteiger partial charge in [-0.15, -0.1) is 10.2 Å². The summed E-state index contributed by atoms with van der Waals surface area (Å²) in [5.41, 5.74) is 1.62. The van der Waals surface area contributed by atoms with E-state index in [-0.39, 0.29) is 0 Å². The van der Waals surface area contributed by atoms with Crippen molar-refractivity contribution < 1.29 is 0 Å². The van der Waals surface area contributed by atoms with Crippen molar-refractivity contribution in [3.63, 3.8) is 0 Å². The van der Waals surface area contributed by atoms with E-state index in [2.05, 4.69) is 21.6 Å². The molecule has 0 aliphatic carbocycles. The zero-order chi connectivity index (χ0) is 11.4. The molecule has 0 saturated heterocycles. The van der Waals surface area contributed by atoms with Crippen molar-refractivity contribution in [3.8, 4) is 6.07 Å². The van der Waals surface area contributed by atoms with Crippen LogP contribution in [0.15, 0.2) is 30.6 Å². The highest BCUT2D eigenvalue weighted by atomic mass is 15.3. The molecule has 0 atom stereocenters. The van der Waals surface area contributed by atoms with E-state index in [0.29, 0.717) is 12.1 Å². The minimum absolute atomic E-state index is 0.613. The molecule has 0 unspecified atom stereocenters. The molecule has 2 aromatic rings. The topological polar surface area (TPSA) is 66.5 Å². The number of rotatable bonds is 3. The van der Waals surface area contributed by atoms with Crippen molar-refractivity contribution >= 4 is 5.69 Å². The minimum atomic E-state index is 0.613. The third-order valence-corrected chi connectivity index (χ3v) is 2.27. The Kier molecular flexibility index (Phi) is 2.83. The van der Waals surface area contributed by atoms with Gasteiger partial charge in [-0.1, -0.05) is 0 Å². The van der Waals surface area contributed by atoms with Crippen LogP contribution in [-0.4, -0.2) is 14.8 Å². The average Bonchev–Trinajstić information content (AvgIpc) is 2.73. The lowest BCUT2D eigenvalue weighted by atomic mass is 10.2. The van der Waals surface area contributed by atoms with Gasteiger partial charge in [0.25, 0.3) is 0 Å². The van der Waals surface area contributed by atoms with Gasteiger partial charge in [0.2, 0.25) is 0 Å². The van der Waals surface area contributed by atoms with Crippen LogP contribution in [0.2, 0.25) is 0 Å². The Morgan fingerprint density at radius 1 is 1.38 bits per heavy atom. The molecule has 0 amide bonds. The van der Waals surface area contributed by atoms with E-state index in [1.807, 2.05) is 23.7 Å². The maximum absolute atomic E-state index is 8.65. The van der Waals surface area contributed by atoms with E-state index in [0.717, 1.165) is 11.5 Å². The van der Waals surface area contributed by atoms with Gasteiger partial charge in [-0.05, 0) is 24.3 Å². The van der Waals surface area contributed by atoms with Crippen LogP contribution < -0.4 is 5.32 Å². The first kappa shape index (κ1) is 10.2. The molecule has 0 radical (unpaired) electrons. The van der Waals surface area contributed by atoms with Gasteiger partial charge in [-0.25, -0.2) is 0 Å². The fourth-order valence-electron chi connectivity index (χ4n) is 1.31. The fraction of sp³-hybridized carbons (Fsp3) is 0.182. The Labute approximate surface area is 93.4 Å². The number of hydrogen-bond acceptors (Lipinski definition) is 4. The van der Waals surface area contributed by atoms with Gasteiger partial charge in [0.1, 0.15) is 6.33 Å². The van der Waals surface area contributed by atoms with E-state index in [4.69, 9.17) is 5.26 Å². The lowest BCUT2D eigenvalue weighted by Crippen LogP contribution is -2.05. The monoisotopic (exact) mass is 213 g/mol. The van der Waals surface area contributed by atoms with Crippen LogP contribution in [0.4, 0.5) is 5.69 Å². The minimum Gasteiger partial charge on any atom is -0.378 e. The molecule has 1 aromatic heterocycles. The van der Waals surface area contributed by atoms with E-state index in [1.165, 1.54) is 0 Å².